The molecule has 0 aliphatic carbocycles. The van der Waals surface area contributed by atoms with Crippen molar-refractivity contribution in [3.05, 3.63) is 102 Å². The van der Waals surface area contributed by atoms with Gasteiger partial charge in [0.1, 0.15) is 11.9 Å². The number of anilines is 1. The average molecular weight is 615 g/mol. The number of nitrogens with one attached hydrogen (secondary N) is 1. The Labute approximate surface area is 263 Å². The Bertz CT molecular complexity index is 1490. The van der Waals surface area contributed by atoms with Crippen molar-refractivity contribution in [1.82, 2.24) is 24.7 Å². The minimum absolute atomic E-state index is 0.0162. The molecule has 0 atom stereocenters. The van der Waals surface area contributed by atoms with Crippen LogP contribution in [0.4, 0.5) is 5.82 Å². The number of likely N-dealkylation sites (tertiary alicyclic amines) is 1. The topological polar surface area (TPSA) is 142 Å². The number of nitrogens with zero attached hydrogens (tertiary/aromatic N) is 5. The monoisotopic (exact) mass is 614 g/mol. The molecule has 1 fully saturated rings. The van der Waals surface area contributed by atoms with Gasteiger partial charge in [0.25, 0.3) is 0 Å². The molecule has 0 unspecified atom stereocenters. The third-order valence-corrected chi connectivity index (χ3v) is 7.33. The summed E-state index contributed by atoms with van der Waals surface area (Å²) in [6, 6.07) is 25.1. The number of benzene rings is 2. The van der Waals surface area contributed by atoms with E-state index >= 15 is 0 Å². The maximum atomic E-state index is 9.55. The molecule has 3 N–H and O–H groups in total. The normalized spacial score (nSPS) is 14.4. The molecule has 238 valence electrons. The van der Waals surface area contributed by atoms with E-state index in [4.69, 9.17) is 20.0 Å². The van der Waals surface area contributed by atoms with E-state index < -0.39 is 11.9 Å². The summed E-state index contributed by atoms with van der Waals surface area (Å²) in [4.78, 5) is 21.7. The number of carbonyl (C=O) groups is 2. The lowest BCUT2D eigenvalue weighted by Gasteiger charge is -2.34. The maximum absolute atomic E-state index is 9.55. The van der Waals surface area contributed by atoms with Gasteiger partial charge in [-0.3, -0.25) is 0 Å². The fourth-order valence-corrected chi connectivity index (χ4v) is 5.08. The highest BCUT2D eigenvalue weighted by Gasteiger charge is 2.25. The van der Waals surface area contributed by atoms with Crippen LogP contribution in [0.2, 0.25) is 0 Å². The van der Waals surface area contributed by atoms with Crippen molar-refractivity contribution in [3.63, 3.8) is 0 Å². The lowest BCUT2D eigenvalue weighted by atomic mass is 9.96. The van der Waals surface area contributed by atoms with Crippen LogP contribution in [0, 0.1) is 0 Å². The Morgan fingerprint density at radius 1 is 0.911 bits per heavy atom. The SMILES string of the molecule is CC(C)(C)c1nnc2ccc(NCCCN3CCC(OC(c4ccccc4)c4ccccc4)CC3)nn12.O=C(O)/C=C/C(=O)O. The van der Waals surface area contributed by atoms with Crippen LogP contribution >= 0.6 is 0 Å². The minimum atomic E-state index is -1.26. The summed E-state index contributed by atoms with van der Waals surface area (Å²) in [6.07, 6.45) is 4.56. The zero-order valence-electron chi connectivity index (χ0n) is 26.0. The number of hydrogen-bond acceptors (Lipinski definition) is 8. The Morgan fingerprint density at radius 2 is 1.49 bits per heavy atom. The second-order valence-corrected chi connectivity index (χ2v) is 11.9. The van der Waals surface area contributed by atoms with Crippen LogP contribution in [-0.2, 0) is 19.7 Å². The largest absolute Gasteiger partial charge is 0.478 e. The van der Waals surface area contributed by atoms with Gasteiger partial charge < -0.3 is 25.2 Å². The second kappa shape index (κ2) is 15.9. The van der Waals surface area contributed by atoms with E-state index in [1.54, 1.807) is 0 Å². The zero-order chi connectivity index (χ0) is 32.2. The first-order valence-corrected chi connectivity index (χ1v) is 15.2. The first-order valence-electron chi connectivity index (χ1n) is 15.2. The summed E-state index contributed by atoms with van der Waals surface area (Å²) >= 11 is 0. The molecule has 45 heavy (non-hydrogen) atoms. The standard InChI is InChI=1S/C30H38N6O.C4H4O4/c1-30(2,3)29-33-32-27-16-15-26(34-36(27)29)31-19-10-20-35-21-17-25(18-22-35)37-28(23-11-6-4-7-12-23)24-13-8-5-9-14-24;5-3(6)1-2-4(7)8/h4-9,11-16,25,28H,10,17-22H2,1-3H3,(H,31,34);1-2H,(H,5,6)(H,7,8)/b;2-1+. The van der Waals surface area contributed by atoms with Crippen molar-refractivity contribution < 1.29 is 24.5 Å². The van der Waals surface area contributed by atoms with Gasteiger partial charge in [-0.15, -0.1) is 15.3 Å². The summed E-state index contributed by atoms with van der Waals surface area (Å²) in [5, 5.41) is 32.4. The average Bonchev–Trinajstić information content (AvgIpc) is 3.47. The van der Waals surface area contributed by atoms with Crippen molar-refractivity contribution in [2.45, 2.75) is 57.7 Å². The van der Waals surface area contributed by atoms with Crippen molar-refractivity contribution in [2.24, 2.45) is 0 Å². The quantitative estimate of drug-likeness (QED) is 0.152. The molecule has 2 aromatic carbocycles. The molecule has 0 bridgehead atoms. The minimum Gasteiger partial charge on any atom is -0.478 e. The first kappa shape index (κ1) is 33.3. The first-order chi connectivity index (χ1) is 21.6. The lowest BCUT2D eigenvalue weighted by molar-refractivity contribution is -0.134. The van der Waals surface area contributed by atoms with Gasteiger partial charge in [0.2, 0.25) is 0 Å². The highest BCUT2D eigenvalue weighted by Crippen LogP contribution is 2.30. The van der Waals surface area contributed by atoms with E-state index in [-0.39, 0.29) is 17.6 Å². The molecular weight excluding hydrogens is 572 g/mol. The van der Waals surface area contributed by atoms with Crippen LogP contribution in [-0.4, -0.2) is 79.1 Å². The molecule has 11 heteroatoms. The molecule has 1 saturated heterocycles. The molecule has 2 aromatic heterocycles. The van der Waals surface area contributed by atoms with E-state index in [0.717, 1.165) is 62.7 Å². The summed E-state index contributed by atoms with van der Waals surface area (Å²) in [6.45, 7) is 10.5. The van der Waals surface area contributed by atoms with Gasteiger partial charge in [0.05, 0.1) is 6.10 Å². The molecule has 5 rings (SSSR count). The Hall–Kier alpha value is -4.61. The molecule has 0 amide bonds. The summed E-state index contributed by atoms with van der Waals surface area (Å²) < 4.78 is 8.55. The number of hydrogen-bond donors (Lipinski definition) is 3. The fraction of sp³-hybridized carbons (Fsp3) is 0.382. The smallest absolute Gasteiger partial charge is 0.328 e. The maximum Gasteiger partial charge on any atom is 0.328 e. The van der Waals surface area contributed by atoms with Gasteiger partial charge in [-0.1, -0.05) is 81.4 Å². The number of piperidine rings is 1. The molecule has 0 radical (unpaired) electrons. The van der Waals surface area contributed by atoms with E-state index in [2.05, 4.69) is 102 Å². The van der Waals surface area contributed by atoms with Crippen LogP contribution in [0.15, 0.2) is 84.9 Å². The molecule has 1 aliphatic heterocycles. The van der Waals surface area contributed by atoms with Gasteiger partial charge in [-0.05, 0) is 49.1 Å². The molecule has 1 aliphatic rings. The molecular formula is C34H42N6O5. The predicted molar refractivity (Wildman–Crippen MR) is 172 cm³/mol. The number of carboxylic acids is 2. The van der Waals surface area contributed by atoms with Crippen LogP contribution in [0.3, 0.4) is 0 Å². The van der Waals surface area contributed by atoms with E-state index in [1.165, 1.54) is 11.1 Å². The third kappa shape index (κ3) is 10.2. The molecule has 4 aromatic rings. The Balaban J connectivity index is 0.000000510. The molecule has 3 heterocycles. The van der Waals surface area contributed by atoms with Crippen molar-refractivity contribution in [2.75, 3.05) is 31.5 Å². The zero-order valence-corrected chi connectivity index (χ0v) is 26.0. The van der Waals surface area contributed by atoms with Gasteiger partial charge in [0, 0.05) is 37.2 Å². The number of aliphatic carboxylic acids is 2. The fourth-order valence-electron chi connectivity index (χ4n) is 5.08. The number of fused-ring (bicyclic) bond motifs is 1. The second-order valence-electron chi connectivity index (χ2n) is 11.9. The van der Waals surface area contributed by atoms with E-state index in [9.17, 15) is 9.59 Å². The molecule has 0 saturated carbocycles. The summed E-state index contributed by atoms with van der Waals surface area (Å²) in [5.41, 5.74) is 3.11. The van der Waals surface area contributed by atoms with Crippen LogP contribution in [0.5, 0.6) is 0 Å². The Morgan fingerprint density at radius 3 is 2.02 bits per heavy atom. The Kier molecular flexibility index (Phi) is 11.8. The van der Waals surface area contributed by atoms with Crippen LogP contribution < -0.4 is 5.32 Å². The summed E-state index contributed by atoms with van der Waals surface area (Å²) in [7, 11) is 0. The lowest BCUT2D eigenvalue weighted by Crippen LogP contribution is -2.38. The number of aromatic nitrogens is 4. The molecule has 11 nitrogen and oxygen atoms in total. The van der Waals surface area contributed by atoms with Crippen molar-refractivity contribution in [1.29, 1.82) is 0 Å². The molecule has 0 spiro atoms. The third-order valence-electron chi connectivity index (χ3n) is 7.33. The van der Waals surface area contributed by atoms with Gasteiger partial charge >= 0.3 is 11.9 Å². The van der Waals surface area contributed by atoms with Crippen LogP contribution in [0.25, 0.3) is 5.65 Å². The number of ether oxygens (including phenoxy) is 1. The summed E-state index contributed by atoms with van der Waals surface area (Å²) in [5.74, 6) is -0.782. The van der Waals surface area contributed by atoms with Gasteiger partial charge in [-0.25, -0.2) is 9.59 Å². The van der Waals surface area contributed by atoms with E-state index in [1.807, 2.05) is 16.6 Å². The van der Waals surface area contributed by atoms with Crippen molar-refractivity contribution in [3.8, 4) is 0 Å². The van der Waals surface area contributed by atoms with Gasteiger partial charge in [-0.2, -0.15) is 4.52 Å². The highest BCUT2D eigenvalue weighted by molar-refractivity contribution is 5.89. The van der Waals surface area contributed by atoms with Crippen LogP contribution in [0.1, 0.15) is 63.1 Å². The highest BCUT2D eigenvalue weighted by atomic mass is 16.5. The van der Waals surface area contributed by atoms with Crippen molar-refractivity contribution >= 4 is 23.4 Å². The van der Waals surface area contributed by atoms with Gasteiger partial charge in [0.15, 0.2) is 11.5 Å². The van der Waals surface area contributed by atoms with E-state index in [0.29, 0.717) is 12.2 Å². The number of carboxylic acid groups (broad SMARTS) is 2. The number of rotatable bonds is 11. The predicted octanol–water partition coefficient (Wildman–Crippen LogP) is 5.21.